The summed E-state index contributed by atoms with van der Waals surface area (Å²) in [4.78, 5) is 14.4. The second kappa shape index (κ2) is 6.57. The Morgan fingerprint density at radius 3 is 2.84 bits per heavy atom. The predicted octanol–water partition coefficient (Wildman–Crippen LogP) is 2.54. The summed E-state index contributed by atoms with van der Waals surface area (Å²) in [5.74, 6) is 1.68. The number of methoxy groups -OCH3 is 1. The second-order valence-corrected chi connectivity index (χ2v) is 6.31. The second-order valence-electron chi connectivity index (χ2n) is 6.31. The van der Waals surface area contributed by atoms with Crippen molar-refractivity contribution in [3.05, 3.63) is 71.4 Å². The maximum Gasteiger partial charge on any atom is 0.127 e. The predicted molar refractivity (Wildman–Crippen MR) is 96.2 cm³/mol. The summed E-state index contributed by atoms with van der Waals surface area (Å²) in [5.41, 5.74) is 10.6. The molecule has 0 radical (unpaired) electrons. The first-order chi connectivity index (χ1) is 12.2. The number of aromatic nitrogens is 3. The smallest absolute Gasteiger partial charge is 0.127 e. The van der Waals surface area contributed by atoms with Crippen LogP contribution in [0.1, 0.15) is 28.4 Å². The van der Waals surface area contributed by atoms with E-state index >= 15 is 0 Å². The first kappa shape index (κ1) is 15.7. The molecular formula is C19H21N5O. The normalized spacial score (nSPS) is 17.2. The zero-order valence-corrected chi connectivity index (χ0v) is 14.1. The Kier molecular flexibility index (Phi) is 4.11. The van der Waals surface area contributed by atoms with Crippen LogP contribution in [0, 0.1) is 0 Å². The topological polar surface area (TPSA) is 80.1 Å². The largest absolute Gasteiger partial charge is 0.497 e. The molecule has 3 aromatic rings. The van der Waals surface area contributed by atoms with Crippen molar-refractivity contribution < 1.29 is 4.74 Å². The molecule has 0 amide bonds. The summed E-state index contributed by atoms with van der Waals surface area (Å²) in [7, 11) is 1.68. The zero-order chi connectivity index (χ0) is 17.2. The van der Waals surface area contributed by atoms with Gasteiger partial charge in [-0.15, -0.1) is 0 Å². The van der Waals surface area contributed by atoms with Gasteiger partial charge >= 0.3 is 0 Å². The SMILES string of the molecule is COc1ccc(C2CN(Cc3cccnc3N)Cc3[nH]cnc32)cc1. The van der Waals surface area contributed by atoms with Crippen LogP contribution < -0.4 is 10.5 Å². The van der Waals surface area contributed by atoms with Crippen LogP contribution in [0.15, 0.2) is 48.9 Å². The van der Waals surface area contributed by atoms with Gasteiger partial charge < -0.3 is 15.5 Å². The van der Waals surface area contributed by atoms with E-state index in [9.17, 15) is 0 Å². The van der Waals surface area contributed by atoms with Gasteiger partial charge in [0, 0.05) is 37.3 Å². The van der Waals surface area contributed by atoms with Crippen molar-refractivity contribution in [3.8, 4) is 5.75 Å². The van der Waals surface area contributed by atoms with E-state index in [4.69, 9.17) is 10.5 Å². The molecule has 6 heteroatoms. The third-order valence-corrected chi connectivity index (χ3v) is 4.74. The van der Waals surface area contributed by atoms with E-state index in [1.165, 1.54) is 5.56 Å². The highest BCUT2D eigenvalue weighted by Crippen LogP contribution is 2.33. The van der Waals surface area contributed by atoms with E-state index in [0.717, 1.165) is 42.3 Å². The molecule has 6 nitrogen and oxygen atoms in total. The Hall–Kier alpha value is -2.86. The van der Waals surface area contributed by atoms with Crippen LogP contribution in [-0.2, 0) is 13.1 Å². The van der Waals surface area contributed by atoms with E-state index < -0.39 is 0 Å². The van der Waals surface area contributed by atoms with E-state index in [0.29, 0.717) is 5.82 Å². The van der Waals surface area contributed by atoms with Gasteiger partial charge in [0.25, 0.3) is 0 Å². The highest BCUT2D eigenvalue weighted by molar-refractivity contribution is 5.40. The molecular weight excluding hydrogens is 314 g/mol. The molecule has 0 spiro atoms. The number of nitrogen functional groups attached to an aromatic ring is 1. The number of ether oxygens (including phenoxy) is 1. The minimum Gasteiger partial charge on any atom is -0.497 e. The molecule has 1 aliphatic rings. The molecule has 4 rings (SSSR count). The molecule has 0 aliphatic carbocycles. The van der Waals surface area contributed by atoms with Crippen molar-refractivity contribution in [1.29, 1.82) is 0 Å². The van der Waals surface area contributed by atoms with Crippen molar-refractivity contribution in [1.82, 2.24) is 19.9 Å². The number of hydrogen-bond donors (Lipinski definition) is 2. The molecule has 1 aliphatic heterocycles. The highest BCUT2D eigenvalue weighted by Gasteiger charge is 2.29. The van der Waals surface area contributed by atoms with Gasteiger partial charge in [-0.1, -0.05) is 18.2 Å². The van der Waals surface area contributed by atoms with E-state index in [2.05, 4.69) is 32.0 Å². The molecule has 0 saturated heterocycles. The van der Waals surface area contributed by atoms with Crippen LogP contribution in [0.5, 0.6) is 5.75 Å². The molecule has 1 unspecified atom stereocenters. The number of fused-ring (bicyclic) bond motifs is 1. The van der Waals surface area contributed by atoms with Crippen LogP contribution in [0.3, 0.4) is 0 Å². The molecule has 3 N–H and O–H groups in total. The molecule has 2 aromatic heterocycles. The van der Waals surface area contributed by atoms with Crippen molar-refractivity contribution >= 4 is 5.82 Å². The first-order valence-corrected chi connectivity index (χ1v) is 8.32. The molecule has 1 aromatic carbocycles. The monoisotopic (exact) mass is 335 g/mol. The molecule has 0 bridgehead atoms. The van der Waals surface area contributed by atoms with Crippen molar-refractivity contribution in [2.75, 3.05) is 19.4 Å². The summed E-state index contributed by atoms with van der Waals surface area (Å²) in [5, 5.41) is 0. The molecule has 128 valence electrons. The number of pyridine rings is 1. The fourth-order valence-corrected chi connectivity index (χ4v) is 3.44. The van der Waals surface area contributed by atoms with Gasteiger partial charge in [0.2, 0.25) is 0 Å². The van der Waals surface area contributed by atoms with Gasteiger partial charge in [-0.25, -0.2) is 9.97 Å². The van der Waals surface area contributed by atoms with Gasteiger partial charge in [-0.05, 0) is 23.8 Å². The van der Waals surface area contributed by atoms with Crippen molar-refractivity contribution in [2.24, 2.45) is 0 Å². The van der Waals surface area contributed by atoms with E-state index in [-0.39, 0.29) is 5.92 Å². The molecule has 25 heavy (non-hydrogen) atoms. The minimum absolute atomic E-state index is 0.221. The van der Waals surface area contributed by atoms with Gasteiger partial charge in [-0.3, -0.25) is 4.90 Å². The summed E-state index contributed by atoms with van der Waals surface area (Å²) in [6.07, 6.45) is 3.51. The third-order valence-electron chi connectivity index (χ3n) is 4.74. The number of nitrogens with two attached hydrogens (primary N) is 1. The quantitative estimate of drug-likeness (QED) is 0.766. The van der Waals surface area contributed by atoms with Gasteiger partial charge in [0.05, 0.1) is 24.8 Å². The number of H-pyrrole nitrogens is 1. The standard InChI is InChI=1S/C19H21N5O/c1-25-15-6-4-13(5-7-15)16-10-24(11-17-18(16)23-12-22-17)9-14-3-2-8-21-19(14)20/h2-8,12,16H,9-11H2,1H3,(H2,20,21)(H,22,23). The Morgan fingerprint density at radius 2 is 2.08 bits per heavy atom. The number of nitrogens with one attached hydrogen (secondary N) is 1. The number of imidazole rings is 1. The lowest BCUT2D eigenvalue weighted by Crippen LogP contribution is -2.34. The van der Waals surface area contributed by atoms with Gasteiger partial charge in [-0.2, -0.15) is 0 Å². The maximum absolute atomic E-state index is 6.02. The fourth-order valence-electron chi connectivity index (χ4n) is 3.44. The average Bonchev–Trinajstić information content (AvgIpc) is 3.12. The summed E-state index contributed by atoms with van der Waals surface area (Å²) in [6, 6.07) is 12.2. The molecule has 0 fully saturated rings. The number of hydrogen-bond acceptors (Lipinski definition) is 5. The number of aromatic amines is 1. The van der Waals surface area contributed by atoms with E-state index in [1.54, 1.807) is 19.6 Å². The van der Waals surface area contributed by atoms with Crippen molar-refractivity contribution in [2.45, 2.75) is 19.0 Å². The summed E-state index contributed by atoms with van der Waals surface area (Å²) >= 11 is 0. The summed E-state index contributed by atoms with van der Waals surface area (Å²) < 4.78 is 5.27. The van der Waals surface area contributed by atoms with E-state index in [1.807, 2.05) is 24.3 Å². The van der Waals surface area contributed by atoms with Crippen LogP contribution in [0.4, 0.5) is 5.82 Å². The van der Waals surface area contributed by atoms with Gasteiger partial charge in [0.15, 0.2) is 0 Å². The fraction of sp³-hybridized carbons (Fsp3) is 0.263. The van der Waals surface area contributed by atoms with Crippen LogP contribution in [0.2, 0.25) is 0 Å². The number of anilines is 1. The molecule has 3 heterocycles. The van der Waals surface area contributed by atoms with Crippen LogP contribution in [-0.4, -0.2) is 33.5 Å². The van der Waals surface area contributed by atoms with Crippen LogP contribution in [0.25, 0.3) is 0 Å². The Labute approximate surface area is 146 Å². The Morgan fingerprint density at radius 1 is 1.24 bits per heavy atom. The third kappa shape index (κ3) is 3.08. The Balaban J connectivity index is 1.62. The Bertz CT molecular complexity index is 858. The lowest BCUT2D eigenvalue weighted by molar-refractivity contribution is 0.228. The molecule has 0 saturated carbocycles. The lowest BCUT2D eigenvalue weighted by atomic mass is 9.90. The van der Waals surface area contributed by atoms with Gasteiger partial charge in [0.1, 0.15) is 11.6 Å². The minimum atomic E-state index is 0.221. The lowest BCUT2D eigenvalue weighted by Gasteiger charge is -2.32. The average molecular weight is 335 g/mol. The molecule has 1 atom stereocenters. The zero-order valence-electron chi connectivity index (χ0n) is 14.1. The number of nitrogens with zero attached hydrogens (tertiary/aromatic N) is 3. The maximum atomic E-state index is 6.02. The highest BCUT2D eigenvalue weighted by atomic mass is 16.5. The van der Waals surface area contributed by atoms with Crippen molar-refractivity contribution in [3.63, 3.8) is 0 Å². The number of benzene rings is 1. The first-order valence-electron chi connectivity index (χ1n) is 8.32. The summed E-state index contributed by atoms with van der Waals surface area (Å²) in [6.45, 7) is 2.49. The number of rotatable bonds is 4. The van der Waals surface area contributed by atoms with Crippen LogP contribution >= 0.6 is 0 Å².